The quantitative estimate of drug-likeness (QED) is 0.620. The molecule has 0 aromatic heterocycles. The van der Waals surface area contributed by atoms with Gasteiger partial charge in [-0.2, -0.15) is 5.10 Å². The lowest BCUT2D eigenvalue weighted by molar-refractivity contribution is -0.139. The van der Waals surface area contributed by atoms with E-state index in [9.17, 15) is 9.59 Å². The number of hydrogen-bond donors (Lipinski definition) is 2. The number of hydrogen-bond acceptors (Lipinski definition) is 3. The van der Waals surface area contributed by atoms with Crippen LogP contribution in [0, 0.1) is 17.3 Å². The van der Waals surface area contributed by atoms with Crippen LogP contribution in [-0.2, 0) is 9.59 Å². The Morgan fingerprint density at radius 2 is 1.76 bits per heavy atom. The molecule has 0 atom stereocenters. The predicted octanol–water partition coefficient (Wildman–Crippen LogP) is 2.47. The lowest BCUT2D eigenvalue weighted by Gasteiger charge is -2.34. The minimum atomic E-state index is -0.680. The molecule has 0 aliphatic heterocycles. The number of rotatable bonds is 3. The Hall–Kier alpha value is -1.39. The highest BCUT2D eigenvalue weighted by Crippen LogP contribution is 2.36. The molecule has 0 unspecified atom stereocenters. The predicted molar refractivity (Wildman–Crippen MR) is 84.8 cm³/mol. The highest BCUT2D eigenvalue weighted by molar-refractivity contribution is 6.35. The maximum atomic E-state index is 11.6. The Kier molecular flexibility index (Phi) is 6.37. The van der Waals surface area contributed by atoms with Crippen molar-refractivity contribution in [1.82, 2.24) is 10.7 Å². The van der Waals surface area contributed by atoms with E-state index in [1.54, 1.807) is 0 Å². The van der Waals surface area contributed by atoms with Crippen LogP contribution in [0.3, 0.4) is 0 Å². The topological polar surface area (TPSA) is 70.6 Å². The van der Waals surface area contributed by atoms with E-state index in [4.69, 9.17) is 0 Å². The van der Waals surface area contributed by atoms with E-state index in [-0.39, 0.29) is 0 Å². The molecule has 0 aromatic rings. The number of carbonyl (C=O) groups is 2. The Morgan fingerprint density at radius 1 is 1.19 bits per heavy atom. The zero-order chi connectivity index (χ0) is 16.0. The Morgan fingerprint density at radius 3 is 2.24 bits per heavy atom. The summed E-state index contributed by atoms with van der Waals surface area (Å²) in [7, 11) is 0. The van der Waals surface area contributed by atoms with Crippen LogP contribution in [0.4, 0.5) is 0 Å². The van der Waals surface area contributed by atoms with E-state index in [0.29, 0.717) is 23.8 Å². The number of nitrogens with zero attached hydrogens (tertiary/aromatic N) is 1. The van der Waals surface area contributed by atoms with Gasteiger partial charge in [-0.25, -0.2) is 5.43 Å². The van der Waals surface area contributed by atoms with Gasteiger partial charge in [-0.15, -0.1) is 0 Å². The molecule has 0 spiro atoms. The SMILES string of the molecule is CC(C)CNC(=O)C(=O)NN=C1CCC(C(C)(C)C)CC1. The molecule has 21 heavy (non-hydrogen) atoms. The second-order valence-electron chi connectivity index (χ2n) is 7.36. The first-order valence-electron chi connectivity index (χ1n) is 7.83. The first-order valence-corrected chi connectivity index (χ1v) is 7.83. The van der Waals surface area contributed by atoms with Gasteiger partial charge in [0.15, 0.2) is 0 Å². The molecular weight excluding hydrogens is 266 g/mol. The van der Waals surface area contributed by atoms with Gasteiger partial charge in [0.1, 0.15) is 0 Å². The molecule has 1 aliphatic rings. The van der Waals surface area contributed by atoms with Crippen LogP contribution >= 0.6 is 0 Å². The van der Waals surface area contributed by atoms with Gasteiger partial charge >= 0.3 is 11.8 Å². The first-order chi connectivity index (χ1) is 9.70. The minimum absolute atomic E-state index is 0.320. The van der Waals surface area contributed by atoms with Gasteiger partial charge in [0, 0.05) is 12.3 Å². The van der Waals surface area contributed by atoms with Crippen LogP contribution in [-0.4, -0.2) is 24.1 Å². The summed E-state index contributed by atoms with van der Waals surface area (Å²) < 4.78 is 0. The minimum Gasteiger partial charge on any atom is -0.348 e. The number of hydrazone groups is 1. The van der Waals surface area contributed by atoms with Gasteiger partial charge in [-0.3, -0.25) is 9.59 Å². The smallest absolute Gasteiger partial charge is 0.329 e. The maximum absolute atomic E-state index is 11.6. The lowest BCUT2D eigenvalue weighted by atomic mass is 9.72. The largest absolute Gasteiger partial charge is 0.348 e. The standard InChI is InChI=1S/C16H29N3O2/c1-11(2)10-17-14(20)15(21)19-18-13-8-6-12(7-9-13)16(3,4)5/h11-12H,6-10H2,1-5H3,(H,17,20)(H,19,21). The molecule has 0 radical (unpaired) electrons. The van der Waals surface area contributed by atoms with Crippen molar-refractivity contribution in [3.05, 3.63) is 0 Å². The van der Waals surface area contributed by atoms with Gasteiger partial charge in [-0.05, 0) is 42.9 Å². The zero-order valence-corrected chi connectivity index (χ0v) is 14.0. The number of amides is 2. The van der Waals surface area contributed by atoms with E-state index in [0.717, 1.165) is 31.4 Å². The summed E-state index contributed by atoms with van der Waals surface area (Å²) in [5.74, 6) is -0.278. The molecule has 2 amide bonds. The summed E-state index contributed by atoms with van der Waals surface area (Å²) in [5, 5.41) is 6.68. The van der Waals surface area contributed by atoms with Crippen molar-refractivity contribution in [1.29, 1.82) is 0 Å². The summed E-state index contributed by atoms with van der Waals surface area (Å²) >= 11 is 0. The van der Waals surface area contributed by atoms with Gasteiger partial charge < -0.3 is 5.32 Å². The van der Waals surface area contributed by atoms with Crippen molar-refractivity contribution in [2.24, 2.45) is 22.4 Å². The lowest BCUT2D eigenvalue weighted by Crippen LogP contribution is -2.39. The molecule has 2 N–H and O–H groups in total. The normalized spacial score (nSPS) is 19.3. The third kappa shape index (κ3) is 6.27. The Bertz CT molecular complexity index is 398. The van der Waals surface area contributed by atoms with Crippen molar-refractivity contribution in [2.75, 3.05) is 6.54 Å². The molecule has 0 aromatic carbocycles. The van der Waals surface area contributed by atoms with E-state index in [2.05, 4.69) is 36.6 Å². The monoisotopic (exact) mass is 295 g/mol. The molecule has 0 heterocycles. The maximum Gasteiger partial charge on any atom is 0.329 e. The summed E-state index contributed by atoms with van der Waals surface area (Å²) in [6, 6.07) is 0. The van der Waals surface area contributed by atoms with Crippen LogP contribution in [0.5, 0.6) is 0 Å². The molecule has 1 rings (SSSR count). The third-order valence-corrected chi connectivity index (χ3v) is 3.98. The van der Waals surface area contributed by atoms with Crippen molar-refractivity contribution in [3.63, 3.8) is 0 Å². The van der Waals surface area contributed by atoms with Crippen LogP contribution < -0.4 is 10.7 Å². The Labute approximate surface area is 127 Å². The number of nitrogens with one attached hydrogen (secondary N) is 2. The summed E-state index contributed by atoms with van der Waals surface area (Å²) in [6.07, 6.45) is 3.99. The van der Waals surface area contributed by atoms with Crippen LogP contribution in [0.1, 0.15) is 60.3 Å². The second-order valence-corrected chi connectivity index (χ2v) is 7.36. The van der Waals surface area contributed by atoms with Crippen molar-refractivity contribution < 1.29 is 9.59 Å². The highest BCUT2D eigenvalue weighted by Gasteiger charge is 2.28. The third-order valence-electron chi connectivity index (χ3n) is 3.98. The first kappa shape index (κ1) is 17.7. The van der Waals surface area contributed by atoms with Gasteiger partial charge in [0.25, 0.3) is 0 Å². The molecule has 5 nitrogen and oxygen atoms in total. The second kappa shape index (κ2) is 7.57. The molecule has 0 bridgehead atoms. The molecular formula is C16H29N3O2. The molecule has 120 valence electrons. The van der Waals surface area contributed by atoms with Crippen molar-refractivity contribution in [3.8, 4) is 0 Å². The highest BCUT2D eigenvalue weighted by atomic mass is 16.2. The van der Waals surface area contributed by atoms with Crippen LogP contribution in [0.2, 0.25) is 0 Å². The van der Waals surface area contributed by atoms with E-state index < -0.39 is 11.8 Å². The zero-order valence-electron chi connectivity index (χ0n) is 14.0. The van der Waals surface area contributed by atoms with Gasteiger partial charge in [0.2, 0.25) is 0 Å². The van der Waals surface area contributed by atoms with E-state index in [1.807, 2.05) is 13.8 Å². The summed E-state index contributed by atoms with van der Waals surface area (Å²) in [6.45, 7) is 11.2. The average molecular weight is 295 g/mol. The van der Waals surface area contributed by atoms with Crippen LogP contribution in [0.15, 0.2) is 5.10 Å². The molecule has 5 heteroatoms. The fraction of sp³-hybridized carbons (Fsp3) is 0.812. The fourth-order valence-corrected chi connectivity index (χ4v) is 2.49. The van der Waals surface area contributed by atoms with Crippen molar-refractivity contribution >= 4 is 17.5 Å². The van der Waals surface area contributed by atoms with Crippen molar-refractivity contribution in [2.45, 2.75) is 60.3 Å². The average Bonchev–Trinajstić information content (AvgIpc) is 2.41. The Balaban J connectivity index is 2.38. The molecule has 1 saturated carbocycles. The molecule has 0 saturated heterocycles. The molecule has 1 fully saturated rings. The molecule has 1 aliphatic carbocycles. The van der Waals surface area contributed by atoms with E-state index in [1.165, 1.54) is 0 Å². The summed E-state index contributed by atoms with van der Waals surface area (Å²) in [4.78, 5) is 23.1. The fourth-order valence-electron chi connectivity index (χ4n) is 2.49. The van der Waals surface area contributed by atoms with Crippen LogP contribution in [0.25, 0.3) is 0 Å². The van der Waals surface area contributed by atoms with Gasteiger partial charge in [-0.1, -0.05) is 34.6 Å². The number of carbonyl (C=O) groups excluding carboxylic acids is 2. The van der Waals surface area contributed by atoms with Gasteiger partial charge in [0.05, 0.1) is 0 Å². The van der Waals surface area contributed by atoms with E-state index >= 15 is 0 Å². The summed E-state index contributed by atoms with van der Waals surface area (Å²) in [5.41, 5.74) is 3.68.